The molecule has 10 heteroatoms. The van der Waals surface area contributed by atoms with Crippen LogP contribution in [-0.4, -0.2) is 47.1 Å². The van der Waals surface area contributed by atoms with Crippen molar-refractivity contribution in [2.45, 2.75) is 56.3 Å². The van der Waals surface area contributed by atoms with Crippen molar-refractivity contribution in [2.24, 2.45) is 17.0 Å². The highest BCUT2D eigenvalue weighted by molar-refractivity contribution is 7.89. The molecule has 1 aromatic carbocycles. The topological polar surface area (TPSA) is 140 Å². The van der Waals surface area contributed by atoms with Gasteiger partial charge in [0.2, 0.25) is 10.0 Å². The molecular formula is C24H31N7O2S. The zero-order valence-corrected chi connectivity index (χ0v) is 20.2. The molecule has 0 bridgehead atoms. The van der Waals surface area contributed by atoms with Crippen LogP contribution in [0.25, 0.3) is 22.5 Å². The summed E-state index contributed by atoms with van der Waals surface area (Å²) < 4.78 is 25.9. The van der Waals surface area contributed by atoms with Gasteiger partial charge in [0.05, 0.1) is 4.90 Å². The van der Waals surface area contributed by atoms with E-state index < -0.39 is 10.0 Å². The van der Waals surface area contributed by atoms with Crippen LogP contribution < -0.4 is 10.5 Å². The number of aromatic amines is 1. The summed E-state index contributed by atoms with van der Waals surface area (Å²) in [5.41, 5.74) is 3.65. The normalized spacial score (nSPS) is 23.3. The Labute approximate surface area is 200 Å². The Kier molecular flexibility index (Phi) is 6.46. The number of tetrazole rings is 1. The Morgan fingerprint density at radius 2 is 1.91 bits per heavy atom. The molecule has 4 N–H and O–H groups in total. The van der Waals surface area contributed by atoms with E-state index in [1.54, 1.807) is 6.20 Å². The van der Waals surface area contributed by atoms with Crippen LogP contribution in [0.1, 0.15) is 56.2 Å². The van der Waals surface area contributed by atoms with Gasteiger partial charge in [-0.25, -0.2) is 18.7 Å². The van der Waals surface area contributed by atoms with Crippen LogP contribution in [0.3, 0.4) is 0 Å². The highest BCUT2D eigenvalue weighted by Gasteiger charge is 2.28. The van der Waals surface area contributed by atoms with Crippen molar-refractivity contribution in [1.29, 1.82) is 0 Å². The molecule has 1 aliphatic heterocycles. The number of nitrogens with one attached hydrogen (secondary N) is 2. The Bertz CT molecular complexity index is 1230. The van der Waals surface area contributed by atoms with Crippen LogP contribution in [0.15, 0.2) is 35.4 Å². The number of aromatic nitrogens is 5. The van der Waals surface area contributed by atoms with Gasteiger partial charge in [-0.15, -0.1) is 5.10 Å². The fourth-order valence-electron chi connectivity index (χ4n) is 5.41. The number of nitrogens with two attached hydrogens (primary N) is 1. The summed E-state index contributed by atoms with van der Waals surface area (Å²) in [4.78, 5) is 4.79. The van der Waals surface area contributed by atoms with Gasteiger partial charge in [-0.05, 0) is 71.7 Å². The minimum absolute atomic E-state index is 0.103. The number of nitrogens with zero attached hydrogens (tertiary/aromatic N) is 4. The summed E-state index contributed by atoms with van der Waals surface area (Å²) in [6.45, 7) is 4.19. The Morgan fingerprint density at radius 3 is 2.53 bits per heavy atom. The Balaban J connectivity index is 1.59. The third kappa shape index (κ3) is 4.75. The van der Waals surface area contributed by atoms with Gasteiger partial charge in [0, 0.05) is 35.5 Å². The zero-order valence-electron chi connectivity index (χ0n) is 19.4. The molecule has 3 heterocycles. The predicted octanol–water partition coefficient (Wildman–Crippen LogP) is 3.02. The van der Waals surface area contributed by atoms with E-state index in [9.17, 15) is 8.42 Å². The van der Waals surface area contributed by atoms with Crippen molar-refractivity contribution in [3.8, 4) is 22.5 Å². The number of sulfonamides is 1. The Morgan fingerprint density at radius 1 is 1.09 bits per heavy atom. The summed E-state index contributed by atoms with van der Waals surface area (Å²) >= 11 is 0. The first-order valence-corrected chi connectivity index (χ1v) is 13.5. The molecule has 0 spiro atoms. The van der Waals surface area contributed by atoms with Gasteiger partial charge < -0.3 is 5.32 Å². The molecule has 5 rings (SSSR count). The summed E-state index contributed by atoms with van der Waals surface area (Å²) in [5.74, 6) is 1.83. The zero-order chi connectivity index (χ0) is 23.7. The number of pyridine rings is 1. The standard InChI is InChI=1S/C24H31N7O2S/c1-15-2-4-16(5-3-15)12-17-6-8-20(18-7-9-21(27-14-18)19-10-11-26-13-19)22(23(17)34(25,32)33)24-28-30-31-29-24/h6-9,14-16,19,26H,2-5,10-13H2,1H3,(H2,25,32,33)(H,28,29,30,31)/t15-,16-,19?. The van der Waals surface area contributed by atoms with E-state index in [2.05, 4.69) is 32.9 Å². The number of rotatable bonds is 6. The molecule has 2 aliphatic rings. The van der Waals surface area contributed by atoms with Crippen molar-refractivity contribution < 1.29 is 8.42 Å². The van der Waals surface area contributed by atoms with Gasteiger partial charge in [-0.1, -0.05) is 38.0 Å². The lowest BCUT2D eigenvalue weighted by atomic mass is 9.79. The molecule has 1 atom stereocenters. The van der Waals surface area contributed by atoms with Crippen LogP contribution in [0.4, 0.5) is 0 Å². The molecule has 1 saturated carbocycles. The maximum Gasteiger partial charge on any atom is 0.239 e. The van der Waals surface area contributed by atoms with Gasteiger partial charge in [0.15, 0.2) is 5.82 Å². The van der Waals surface area contributed by atoms with Gasteiger partial charge in [-0.2, -0.15) is 0 Å². The molecule has 2 fully saturated rings. The van der Waals surface area contributed by atoms with Gasteiger partial charge in [0.25, 0.3) is 0 Å². The highest BCUT2D eigenvalue weighted by atomic mass is 32.2. The predicted molar refractivity (Wildman–Crippen MR) is 129 cm³/mol. The number of primary sulfonamides is 1. The molecule has 180 valence electrons. The first-order chi connectivity index (χ1) is 16.4. The monoisotopic (exact) mass is 481 g/mol. The first-order valence-electron chi connectivity index (χ1n) is 12.0. The number of H-pyrrole nitrogens is 1. The second kappa shape index (κ2) is 9.52. The average Bonchev–Trinajstić information content (AvgIpc) is 3.54. The molecule has 2 aromatic heterocycles. The van der Waals surface area contributed by atoms with Gasteiger partial charge in [0.1, 0.15) is 0 Å². The molecule has 9 nitrogen and oxygen atoms in total. The lowest BCUT2D eigenvalue weighted by Gasteiger charge is -2.27. The van der Waals surface area contributed by atoms with Crippen LogP contribution in [0.5, 0.6) is 0 Å². The third-order valence-electron chi connectivity index (χ3n) is 7.33. The van der Waals surface area contributed by atoms with Gasteiger partial charge >= 0.3 is 0 Å². The number of hydrogen-bond donors (Lipinski definition) is 3. The molecule has 0 amide bonds. The van der Waals surface area contributed by atoms with Crippen LogP contribution >= 0.6 is 0 Å². The first kappa shape index (κ1) is 23.1. The lowest BCUT2D eigenvalue weighted by Crippen LogP contribution is -2.20. The lowest BCUT2D eigenvalue weighted by molar-refractivity contribution is 0.288. The Hall–Kier alpha value is -2.69. The molecule has 3 aromatic rings. The average molecular weight is 482 g/mol. The summed E-state index contributed by atoms with van der Waals surface area (Å²) in [7, 11) is -4.05. The molecule has 1 aliphatic carbocycles. The SMILES string of the molecule is C[C@H]1CC[C@H](Cc2ccc(-c3ccc(C4CCNC4)nc3)c(-c3nnn[nH]3)c2S(N)(=O)=O)CC1. The molecular weight excluding hydrogens is 450 g/mol. The molecule has 1 saturated heterocycles. The maximum atomic E-state index is 12.9. The minimum atomic E-state index is -4.05. The summed E-state index contributed by atoms with van der Waals surface area (Å²) in [6, 6.07) is 7.85. The second-order valence-electron chi connectivity index (χ2n) is 9.76. The van der Waals surface area contributed by atoms with Crippen LogP contribution in [0, 0.1) is 11.8 Å². The number of benzene rings is 1. The third-order valence-corrected chi connectivity index (χ3v) is 8.36. The second-order valence-corrected chi connectivity index (χ2v) is 11.3. The quantitative estimate of drug-likeness (QED) is 0.492. The van der Waals surface area contributed by atoms with Crippen molar-refractivity contribution in [3.63, 3.8) is 0 Å². The number of hydrogen-bond acceptors (Lipinski definition) is 7. The molecule has 1 unspecified atom stereocenters. The van der Waals surface area contributed by atoms with Crippen molar-refractivity contribution in [1.82, 2.24) is 30.9 Å². The van der Waals surface area contributed by atoms with Crippen LogP contribution in [0.2, 0.25) is 0 Å². The highest BCUT2D eigenvalue weighted by Crippen LogP contribution is 2.39. The van der Waals surface area contributed by atoms with Crippen molar-refractivity contribution in [3.05, 3.63) is 41.7 Å². The van der Waals surface area contributed by atoms with E-state index in [1.165, 1.54) is 12.8 Å². The smallest absolute Gasteiger partial charge is 0.239 e. The van der Waals surface area contributed by atoms with E-state index in [0.29, 0.717) is 29.4 Å². The van der Waals surface area contributed by atoms with E-state index in [1.807, 2.05) is 24.3 Å². The molecule has 0 radical (unpaired) electrons. The molecule has 34 heavy (non-hydrogen) atoms. The van der Waals surface area contributed by atoms with Crippen molar-refractivity contribution >= 4 is 10.0 Å². The minimum Gasteiger partial charge on any atom is -0.316 e. The maximum absolute atomic E-state index is 12.9. The van der Waals surface area contributed by atoms with E-state index in [4.69, 9.17) is 10.1 Å². The largest absolute Gasteiger partial charge is 0.316 e. The van der Waals surface area contributed by atoms with E-state index in [0.717, 1.165) is 55.1 Å². The van der Waals surface area contributed by atoms with Gasteiger partial charge in [-0.3, -0.25) is 4.98 Å². The van der Waals surface area contributed by atoms with E-state index in [-0.39, 0.29) is 10.7 Å². The summed E-state index contributed by atoms with van der Waals surface area (Å²) in [5, 5.41) is 23.4. The fraction of sp³-hybridized carbons (Fsp3) is 0.500. The van der Waals surface area contributed by atoms with Crippen molar-refractivity contribution in [2.75, 3.05) is 13.1 Å². The van der Waals surface area contributed by atoms with E-state index >= 15 is 0 Å². The van der Waals surface area contributed by atoms with Crippen LogP contribution in [-0.2, 0) is 16.4 Å². The fourth-order valence-corrected chi connectivity index (χ4v) is 6.42. The summed E-state index contributed by atoms with van der Waals surface area (Å²) in [6.07, 6.45) is 8.04.